The molecule has 1 unspecified atom stereocenters. The molecule has 0 aliphatic carbocycles. The first kappa shape index (κ1) is 23.3. The molecule has 0 bridgehead atoms. The second-order valence-corrected chi connectivity index (χ2v) is 8.05. The molecule has 3 aromatic rings. The molecule has 0 amide bonds. The molecule has 1 saturated heterocycles. The van der Waals surface area contributed by atoms with Gasteiger partial charge in [0.2, 0.25) is 5.95 Å². The highest BCUT2D eigenvalue weighted by Gasteiger charge is 2.23. The maximum atomic E-state index is 14.4. The van der Waals surface area contributed by atoms with E-state index in [1.807, 2.05) is 5.48 Å². The number of aliphatic hydroxyl groups is 1. The van der Waals surface area contributed by atoms with Gasteiger partial charge in [-0.1, -0.05) is 11.6 Å². The molecule has 33 heavy (non-hydrogen) atoms. The number of benzene rings is 2. The lowest BCUT2D eigenvalue weighted by atomic mass is 10.1. The molecule has 1 aliphatic heterocycles. The van der Waals surface area contributed by atoms with Crippen molar-refractivity contribution in [3.63, 3.8) is 0 Å². The van der Waals surface area contributed by atoms with E-state index in [2.05, 4.69) is 25.2 Å². The number of aliphatic hydroxyl groups excluding tert-OH is 1. The van der Waals surface area contributed by atoms with Crippen LogP contribution in [0.3, 0.4) is 0 Å². The van der Waals surface area contributed by atoms with Crippen LogP contribution in [0.25, 0.3) is 11.0 Å². The van der Waals surface area contributed by atoms with Crippen LogP contribution in [0.15, 0.2) is 29.3 Å². The first-order valence-electron chi connectivity index (χ1n) is 10.3. The predicted octanol–water partition coefficient (Wildman–Crippen LogP) is 3.56. The topological polar surface area (TPSA) is 109 Å². The number of fused-ring (bicyclic) bond motifs is 1. The maximum absolute atomic E-state index is 14.4. The van der Waals surface area contributed by atoms with Gasteiger partial charge >= 0.3 is 0 Å². The number of aromatic nitrogens is 2. The molecule has 1 atom stereocenters. The van der Waals surface area contributed by atoms with Crippen molar-refractivity contribution in [1.29, 1.82) is 0 Å². The Morgan fingerprint density at radius 2 is 2.09 bits per heavy atom. The van der Waals surface area contributed by atoms with Gasteiger partial charge in [-0.25, -0.2) is 23.1 Å². The van der Waals surface area contributed by atoms with Gasteiger partial charge in [-0.15, -0.1) is 0 Å². The molecule has 0 spiro atoms. The minimum atomic E-state index is -1.18. The fourth-order valence-electron chi connectivity index (χ4n) is 3.92. The van der Waals surface area contributed by atoms with E-state index < -0.39 is 17.5 Å². The number of aliphatic imine (C=N–C) groups is 1. The minimum Gasteiger partial charge on any atom is -0.395 e. The average Bonchev–Trinajstić information content (AvgIpc) is 3.44. The Bertz CT molecular complexity index is 1190. The summed E-state index contributed by atoms with van der Waals surface area (Å²) in [6, 6.07) is 4.62. The molecule has 2 heterocycles. The Morgan fingerprint density at radius 3 is 2.82 bits per heavy atom. The summed E-state index contributed by atoms with van der Waals surface area (Å²) in [4.78, 5) is 13.3. The van der Waals surface area contributed by atoms with Crippen LogP contribution >= 0.6 is 11.6 Å². The Balaban J connectivity index is 1.62. The fourth-order valence-corrected chi connectivity index (χ4v) is 4.09. The highest BCUT2D eigenvalue weighted by molar-refractivity contribution is 6.31. The molecule has 8 nitrogen and oxygen atoms in total. The van der Waals surface area contributed by atoms with Crippen molar-refractivity contribution in [1.82, 2.24) is 20.3 Å². The summed E-state index contributed by atoms with van der Waals surface area (Å²) in [7, 11) is 0. The summed E-state index contributed by atoms with van der Waals surface area (Å²) in [6.45, 7) is 2.08. The van der Waals surface area contributed by atoms with Crippen molar-refractivity contribution in [2.75, 3.05) is 31.6 Å². The number of rotatable bonds is 7. The largest absolute Gasteiger partial charge is 0.395 e. The number of likely N-dealkylation sites (tertiary alicyclic amines) is 1. The van der Waals surface area contributed by atoms with E-state index in [1.165, 1.54) is 12.1 Å². The summed E-state index contributed by atoms with van der Waals surface area (Å²) in [5, 5.41) is 21.9. The first-order chi connectivity index (χ1) is 15.9. The van der Waals surface area contributed by atoms with Crippen molar-refractivity contribution in [2.45, 2.75) is 18.9 Å². The smallest absolute Gasteiger partial charge is 0.201 e. The van der Waals surface area contributed by atoms with Gasteiger partial charge in [-0.3, -0.25) is 15.6 Å². The molecule has 1 aliphatic rings. The monoisotopic (exact) mass is 482 g/mol. The van der Waals surface area contributed by atoms with Crippen LogP contribution in [0.5, 0.6) is 0 Å². The number of hydrogen-bond donors (Lipinski definition) is 5. The van der Waals surface area contributed by atoms with Crippen LogP contribution in [-0.4, -0.2) is 63.3 Å². The highest BCUT2D eigenvalue weighted by atomic mass is 35.5. The zero-order chi connectivity index (χ0) is 23.5. The second kappa shape index (κ2) is 9.96. The third kappa shape index (κ3) is 4.91. The molecule has 2 aromatic carbocycles. The maximum Gasteiger partial charge on any atom is 0.201 e. The normalized spacial score (nSPS) is 17.2. The molecule has 1 fully saturated rings. The predicted molar refractivity (Wildman–Crippen MR) is 119 cm³/mol. The standard InChI is InChI=1S/C21H22ClF3N6O2/c22-14-8-11(3-4-15(14)23)27-20(30-33)13-9-16(24)17(25)19-18(13)28-21(29-19)26-5-7-31-6-1-2-12(31)10-32/h3-4,8-9,12,32-33H,1-2,5-7,10H2,(H,27,30)(H2,26,28,29). The average molecular weight is 483 g/mol. The molecular formula is C21H22ClF3N6O2. The van der Waals surface area contributed by atoms with Gasteiger partial charge in [0.25, 0.3) is 0 Å². The summed E-state index contributed by atoms with van der Waals surface area (Å²) < 4.78 is 42.2. The summed E-state index contributed by atoms with van der Waals surface area (Å²) in [6.07, 6.45) is 1.95. The fraction of sp³-hybridized carbons (Fsp3) is 0.333. The van der Waals surface area contributed by atoms with Gasteiger partial charge < -0.3 is 15.4 Å². The highest BCUT2D eigenvalue weighted by Crippen LogP contribution is 2.27. The third-order valence-electron chi connectivity index (χ3n) is 5.57. The number of amidine groups is 1. The summed E-state index contributed by atoms with van der Waals surface area (Å²) in [5.41, 5.74) is 1.87. The van der Waals surface area contributed by atoms with E-state index >= 15 is 0 Å². The molecule has 4 rings (SSSR count). The van der Waals surface area contributed by atoms with Crippen molar-refractivity contribution in [2.24, 2.45) is 4.99 Å². The molecule has 12 heteroatoms. The minimum absolute atomic E-state index is 0.00675. The van der Waals surface area contributed by atoms with Crippen molar-refractivity contribution >= 4 is 40.1 Å². The van der Waals surface area contributed by atoms with Crippen LogP contribution in [0, 0.1) is 17.5 Å². The second-order valence-electron chi connectivity index (χ2n) is 7.64. The lowest BCUT2D eigenvalue weighted by Gasteiger charge is -2.22. The molecule has 176 valence electrons. The molecule has 5 N–H and O–H groups in total. The molecular weight excluding hydrogens is 461 g/mol. The number of hydrogen-bond acceptors (Lipinski definition) is 6. The van der Waals surface area contributed by atoms with E-state index in [0.29, 0.717) is 13.1 Å². The number of H-pyrrole nitrogens is 1. The van der Waals surface area contributed by atoms with Crippen LogP contribution in [0.1, 0.15) is 18.4 Å². The lowest BCUT2D eigenvalue weighted by Crippen LogP contribution is -2.35. The number of anilines is 1. The number of hydroxylamine groups is 1. The van der Waals surface area contributed by atoms with Crippen molar-refractivity contribution < 1.29 is 23.5 Å². The molecule has 0 radical (unpaired) electrons. The van der Waals surface area contributed by atoms with Crippen LogP contribution < -0.4 is 10.8 Å². The third-order valence-corrected chi connectivity index (χ3v) is 5.86. The summed E-state index contributed by atoms with van der Waals surface area (Å²) in [5.74, 6) is -3.00. The van der Waals surface area contributed by atoms with E-state index in [0.717, 1.165) is 31.5 Å². The Morgan fingerprint density at radius 1 is 1.27 bits per heavy atom. The van der Waals surface area contributed by atoms with E-state index in [-0.39, 0.29) is 51.7 Å². The van der Waals surface area contributed by atoms with Crippen LogP contribution in [-0.2, 0) is 0 Å². The van der Waals surface area contributed by atoms with E-state index in [4.69, 9.17) is 11.6 Å². The number of nitrogens with one attached hydrogen (secondary N) is 3. The molecule has 0 saturated carbocycles. The van der Waals surface area contributed by atoms with E-state index in [9.17, 15) is 23.5 Å². The molecule has 1 aromatic heterocycles. The van der Waals surface area contributed by atoms with Gasteiger partial charge in [-0.2, -0.15) is 0 Å². The SMILES string of the molecule is OCC1CCCN1CCNc1nc2c(F)c(F)cc(C(=Nc3ccc(F)c(Cl)c3)NO)c2[nH]1. The van der Waals surface area contributed by atoms with Gasteiger partial charge in [-0.05, 0) is 43.7 Å². The van der Waals surface area contributed by atoms with Crippen LogP contribution in [0.2, 0.25) is 5.02 Å². The Kier molecular flexibility index (Phi) is 7.03. The van der Waals surface area contributed by atoms with Crippen molar-refractivity contribution in [3.05, 3.63) is 52.3 Å². The summed E-state index contributed by atoms with van der Waals surface area (Å²) >= 11 is 5.77. The van der Waals surface area contributed by atoms with Crippen molar-refractivity contribution in [3.8, 4) is 0 Å². The quantitative estimate of drug-likeness (QED) is 0.200. The van der Waals surface area contributed by atoms with Gasteiger partial charge in [0.05, 0.1) is 22.8 Å². The lowest BCUT2D eigenvalue weighted by molar-refractivity contribution is 0.163. The Hall–Kier alpha value is -2.86. The van der Waals surface area contributed by atoms with Crippen LogP contribution in [0.4, 0.5) is 24.8 Å². The number of nitrogens with zero attached hydrogens (tertiary/aromatic N) is 3. The number of imidazole rings is 1. The van der Waals surface area contributed by atoms with Gasteiger partial charge in [0.15, 0.2) is 17.5 Å². The first-order valence-corrected chi connectivity index (χ1v) is 10.7. The number of halogens is 4. The zero-order valence-corrected chi connectivity index (χ0v) is 18.1. The van der Waals surface area contributed by atoms with Gasteiger partial charge in [0.1, 0.15) is 11.3 Å². The number of aromatic amines is 1. The zero-order valence-electron chi connectivity index (χ0n) is 17.4. The van der Waals surface area contributed by atoms with E-state index in [1.54, 1.807) is 0 Å². The van der Waals surface area contributed by atoms with Gasteiger partial charge in [0, 0.05) is 24.7 Å². The Labute approximate surface area is 192 Å².